The van der Waals surface area contributed by atoms with Gasteiger partial charge < -0.3 is 24.7 Å². The second-order valence-electron chi connectivity index (χ2n) is 11.7. The van der Waals surface area contributed by atoms with Crippen molar-refractivity contribution < 1.29 is 14.3 Å². The zero-order chi connectivity index (χ0) is 27.7. The first-order chi connectivity index (χ1) is 18.6. The molecule has 1 amide bonds. The maximum Gasteiger partial charge on any atom is 0.407 e. The van der Waals surface area contributed by atoms with E-state index in [2.05, 4.69) is 26.4 Å². The molecular formula is C29H40N6O4. The summed E-state index contributed by atoms with van der Waals surface area (Å²) in [5.74, 6) is 1.27. The van der Waals surface area contributed by atoms with Crippen LogP contribution in [0.2, 0.25) is 0 Å². The van der Waals surface area contributed by atoms with Gasteiger partial charge in [0.15, 0.2) is 0 Å². The number of carbonyl (C=O) groups is 1. The van der Waals surface area contributed by atoms with Crippen molar-refractivity contribution in [3.8, 4) is 17.1 Å². The Morgan fingerprint density at radius 2 is 1.82 bits per heavy atom. The number of ether oxygens (including phenoxy) is 2. The highest BCUT2D eigenvalue weighted by atomic mass is 16.6. The lowest BCUT2D eigenvalue weighted by Crippen LogP contribution is -2.46. The summed E-state index contributed by atoms with van der Waals surface area (Å²) < 4.78 is 12.8. The highest BCUT2D eigenvalue weighted by molar-refractivity contribution is 5.82. The summed E-state index contributed by atoms with van der Waals surface area (Å²) in [6.45, 7) is 9.11. The van der Waals surface area contributed by atoms with Crippen LogP contribution >= 0.6 is 0 Å². The summed E-state index contributed by atoms with van der Waals surface area (Å²) in [7, 11) is 1.64. The van der Waals surface area contributed by atoms with Crippen molar-refractivity contribution in [2.75, 3.05) is 25.1 Å². The van der Waals surface area contributed by atoms with E-state index in [1.165, 1.54) is 6.42 Å². The number of benzene rings is 1. The van der Waals surface area contributed by atoms with E-state index in [0.717, 1.165) is 68.6 Å². The minimum Gasteiger partial charge on any atom is -0.496 e. The quantitative estimate of drug-likeness (QED) is 0.466. The molecule has 10 heteroatoms. The molecule has 2 N–H and O–H groups in total. The zero-order valence-electron chi connectivity index (χ0n) is 23.7. The lowest BCUT2D eigenvalue weighted by molar-refractivity contribution is 0.0497. The molecule has 3 heterocycles. The normalized spacial score (nSPS) is 17.4. The third kappa shape index (κ3) is 5.89. The van der Waals surface area contributed by atoms with E-state index in [9.17, 15) is 9.59 Å². The summed E-state index contributed by atoms with van der Waals surface area (Å²) in [5, 5.41) is 7.63. The molecule has 39 heavy (non-hydrogen) atoms. The van der Waals surface area contributed by atoms with Crippen LogP contribution in [-0.4, -0.2) is 57.7 Å². The van der Waals surface area contributed by atoms with Crippen LogP contribution in [0.1, 0.15) is 77.5 Å². The van der Waals surface area contributed by atoms with Gasteiger partial charge in [0.25, 0.3) is 5.56 Å². The maximum atomic E-state index is 13.4. The fraction of sp³-hybridized carbons (Fsp3) is 0.586. The standard InChI is InChI=1S/C29H40N6O4/c1-18-24-25(27(36)35(33-18)20-9-7-6-8-10-20)32-26(31-24)22-12-11-21(17-23(22)38-5)34-15-13-19(14-16-34)30-28(37)39-29(2,3)4/h11-12,17,19-20H,6-10,13-16H2,1-5H3,(H,30,37)(H,31,32). The number of H-pyrrole nitrogens is 1. The van der Waals surface area contributed by atoms with Gasteiger partial charge in [-0.25, -0.2) is 14.5 Å². The van der Waals surface area contributed by atoms with E-state index in [4.69, 9.17) is 14.5 Å². The fourth-order valence-corrected chi connectivity index (χ4v) is 5.69. The van der Waals surface area contributed by atoms with E-state index in [-0.39, 0.29) is 23.7 Å². The molecule has 2 aromatic heterocycles. The molecule has 2 fully saturated rings. The number of aromatic nitrogens is 4. The molecule has 0 atom stereocenters. The Hall–Kier alpha value is -3.56. The average molecular weight is 537 g/mol. The van der Waals surface area contributed by atoms with Crippen LogP contribution in [0, 0.1) is 6.92 Å². The predicted octanol–water partition coefficient (Wildman–Crippen LogP) is 5.10. The summed E-state index contributed by atoms with van der Waals surface area (Å²) in [6, 6.07) is 6.29. The summed E-state index contributed by atoms with van der Waals surface area (Å²) >= 11 is 0. The maximum absolute atomic E-state index is 13.4. The number of nitrogens with one attached hydrogen (secondary N) is 2. The molecular weight excluding hydrogens is 496 g/mol. The smallest absolute Gasteiger partial charge is 0.407 e. The predicted molar refractivity (Wildman–Crippen MR) is 152 cm³/mol. The number of aryl methyl sites for hydroxylation is 1. The summed E-state index contributed by atoms with van der Waals surface area (Å²) in [4.78, 5) is 35.8. The van der Waals surface area contributed by atoms with E-state index in [1.54, 1.807) is 11.8 Å². The van der Waals surface area contributed by atoms with Gasteiger partial charge in [0, 0.05) is 30.9 Å². The lowest BCUT2D eigenvalue weighted by atomic mass is 9.95. The highest BCUT2D eigenvalue weighted by Crippen LogP contribution is 2.34. The van der Waals surface area contributed by atoms with Crippen molar-refractivity contribution in [1.82, 2.24) is 25.1 Å². The molecule has 0 bridgehead atoms. The number of hydrogen-bond acceptors (Lipinski definition) is 7. The number of rotatable bonds is 5. The van der Waals surface area contributed by atoms with Crippen molar-refractivity contribution in [1.29, 1.82) is 0 Å². The number of nitrogens with zero attached hydrogens (tertiary/aromatic N) is 4. The Labute approximate surface area is 229 Å². The molecule has 1 aromatic carbocycles. The summed E-state index contributed by atoms with van der Waals surface area (Å²) in [5.41, 5.74) is 3.06. The molecule has 210 valence electrons. The highest BCUT2D eigenvalue weighted by Gasteiger charge is 2.25. The third-order valence-electron chi connectivity index (χ3n) is 7.67. The number of anilines is 1. The molecule has 10 nitrogen and oxygen atoms in total. The molecule has 1 saturated carbocycles. The lowest BCUT2D eigenvalue weighted by Gasteiger charge is -2.34. The van der Waals surface area contributed by atoms with Crippen LogP contribution in [0.15, 0.2) is 23.0 Å². The van der Waals surface area contributed by atoms with Gasteiger partial charge in [-0.1, -0.05) is 19.3 Å². The van der Waals surface area contributed by atoms with E-state index >= 15 is 0 Å². The molecule has 2 aliphatic rings. The van der Waals surface area contributed by atoms with Crippen molar-refractivity contribution in [3.63, 3.8) is 0 Å². The first kappa shape index (κ1) is 27.0. The fourth-order valence-electron chi connectivity index (χ4n) is 5.69. The van der Waals surface area contributed by atoms with Crippen LogP contribution in [0.5, 0.6) is 5.75 Å². The van der Waals surface area contributed by atoms with Crippen LogP contribution in [0.25, 0.3) is 22.4 Å². The molecule has 0 unspecified atom stereocenters. The van der Waals surface area contributed by atoms with Crippen molar-refractivity contribution in [2.45, 2.75) is 90.3 Å². The number of imidazole rings is 1. The van der Waals surface area contributed by atoms with Gasteiger partial charge in [0.05, 0.1) is 24.4 Å². The van der Waals surface area contributed by atoms with Gasteiger partial charge >= 0.3 is 6.09 Å². The third-order valence-corrected chi connectivity index (χ3v) is 7.67. The summed E-state index contributed by atoms with van der Waals surface area (Å²) in [6.07, 6.45) is 6.74. The monoisotopic (exact) mass is 536 g/mol. The van der Waals surface area contributed by atoms with Crippen molar-refractivity contribution in [2.24, 2.45) is 0 Å². The molecule has 5 rings (SSSR count). The van der Waals surface area contributed by atoms with Crippen LogP contribution in [0.4, 0.5) is 10.5 Å². The van der Waals surface area contributed by atoms with E-state index < -0.39 is 5.60 Å². The van der Waals surface area contributed by atoms with Crippen LogP contribution in [0.3, 0.4) is 0 Å². The van der Waals surface area contributed by atoms with Crippen molar-refractivity contribution >= 4 is 22.8 Å². The minimum atomic E-state index is -0.510. The molecule has 1 saturated heterocycles. The Bertz CT molecular complexity index is 1390. The first-order valence-electron chi connectivity index (χ1n) is 14.0. The molecule has 0 radical (unpaired) electrons. The number of hydrogen-bond donors (Lipinski definition) is 2. The van der Waals surface area contributed by atoms with Crippen molar-refractivity contribution in [3.05, 3.63) is 34.2 Å². The van der Waals surface area contributed by atoms with Gasteiger partial charge in [-0.3, -0.25) is 4.79 Å². The van der Waals surface area contributed by atoms with Gasteiger partial charge in [-0.2, -0.15) is 5.10 Å². The van der Waals surface area contributed by atoms with Gasteiger partial charge in [-0.15, -0.1) is 0 Å². The molecule has 1 aliphatic carbocycles. The second kappa shape index (κ2) is 10.9. The first-order valence-corrected chi connectivity index (χ1v) is 14.0. The Kier molecular flexibility index (Phi) is 7.55. The van der Waals surface area contributed by atoms with Gasteiger partial charge in [0.2, 0.25) is 0 Å². The number of fused-ring (bicyclic) bond motifs is 1. The number of aromatic amines is 1. The second-order valence-corrected chi connectivity index (χ2v) is 11.7. The van der Waals surface area contributed by atoms with Gasteiger partial charge in [-0.05, 0) is 65.5 Å². The number of methoxy groups -OCH3 is 1. The largest absolute Gasteiger partial charge is 0.496 e. The SMILES string of the molecule is COc1cc(N2CCC(NC(=O)OC(C)(C)C)CC2)ccc1-c1nc2c(C)nn(C3CCCCC3)c(=O)c2[nH]1. The number of amides is 1. The van der Waals surface area contributed by atoms with Gasteiger partial charge in [0.1, 0.15) is 28.2 Å². The Morgan fingerprint density at radius 3 is 2.49 bits per heavy atom. The van der Waals surface area contributed by atoms with Crippen LogP contribution in [-0.2, 0) is 4.74 Å². The zero-order valence-corrected chi connectivity index (χ0v) is 23.7. The molecule has 0 spiro atoms. The Morgan fingerprint density at radius 1 is 1.10 bits per heavy atom. The minimum absolute atomic E-state index is 0.0855. The van der Waals surface area contributed by atoms with Crippen LogP contribution < -0.4 is 20.5 Å². The van der Waals surface area contributed by atoms with E-state index in [1.807, 2.05) is 39.8 Å². The average Bonchev–Trinajstić information content (AvgIpc) is 3.37. The number of alkyl carbamates (subject to hydrolysis) is 1. The number of piperidine rings is 1. The molecule has 3 aromatic rings. The van der Waals surface area contributed by atoms with E-state index in [0.29, 0.717) is 22.6 Å². The molecule has 1 aliphatic heterocycles. The Balaban J connectivity index is 1.33. The number of carbonyl (C=O) groups excluding carboxylic acids is 1. The topological polar surface area (TPSA) is 114 Å².